The fraction of sp³-hybridized carbons (Fsp3) is 1.00. The molecule has 0 N–H and O–H groups in total. The molecule has 0 aromatic rings. The van der Waals surface area contributed by atoms with Gasteiger partial charge in [-0.05, 0) is 6.92 Å². The summed E-state index contributed by atoms with van der Waals surface area (Å²) in [5, 5.41) is 0.250. The molecule has 1 atom stereocenters. The third-order valence-corrected chi connectivity index (χ3v) is 4.18. The second-order valence-electron chi connectivity index (χ2n) is 2.09. The molecule has 0 aliphatic heterocycles. The number of hydrogen-bond donors (Lipinski definition) is 1. The Balaban J connectivity index is 3.17. The van der Waals surface area contributed by atoms with Crippen LogP contribution in [-0.2, 0) is 4.74 Å². The number of hydrogen-bond acceptors (Lipinski definition) is 2. The Labute approximate surface area is 58.4 Å². The Hall–Kier alpha value is 0.527. The molecule has 0 saturated carbocycles. The molecule has 8 heavy (non-hydrogen) atoms. The lowest BCUT2D eigenvalue weighted by molar-refractivity contribution is 0.170. The highest BCUT2D eigenvalue weighted by atomic mass is 32.1. The standard InChI is InChI=1S/C5H14OSSi/c1-4-6-5(7)8(2)3/h5,7-8H,4H2,1-3H3. The molecule has 0 aliphatic carbocycles. The van der Waals surface area contributed by atoms with Gasteiger partial charge in [0.05, 0.1) is 13.9 Å². The maximum Gasteiger partial charge on any atom is 0.0848 e. The van der Waals surface area contributed by atoms with Crippen molar-refractivity contribution in [3.63, 3.8) is 0 Å². The maximum absolute atomic E-state index is 5.23. The van der Waals surface area contributed by atoms with E-state index < -0.39 is 8.80 Å². The van der Waals surface area contributed by atoms with Gasteiger partial charge in [-0.1, -0.05) is 13.1 Å². The lowest BCUT2D eigenvalue weighted by atomic mass is 10.9. The normalized spacial score (nSPS) is 14.6. The lowest BCUT2D eigenvalue weighted by Crippen LogP contribution is -2.21. The minimum absolute atomic E-state index is 0.250. The fourth-order valence-corrected chi connectivity index (χ4v) is 1.09. The Bertz CT molecular complexity index is 58.4. The van der Waals surface area contributed by atoms with Gasteiger partial charge in [0.25, 0.3) is 0 Å². The summed E-state index contributed by atoms with van der Waals surface area (Å²) in [6.07, 6.45) is 0. The van der Waals surface area contributed by atoms with E-state index in [0.29, 0.717) is 0 Å². The van der Waals surface area contributed by atoms with Crippen molar-refractivity contribution in [2.45, 2.75) is 25.1 Å². The molecule has 0 fully saturated rings. The molecular formula is C5H14OSSi. The second kappa shape index (κ2) is 4.41. The maximum atomic E-state index is 5.23. The van der Waals surface area contributed by atoms with E-state index >= 15 is 0 Å². The monoisotopic (exact) mass is 150 g/mol. The van der Waals surface area contributed by atoms with Crippen LogP contribution in [0.15, 0.2) is 0 Å². The zero-order valence-electron chi connectivity index (χ0n) is 5.72. The first-order chi connectivity index (χ1) is 3.68. The van der Waals surface area contributed by atoms with Crippen LogP contribution in [0.2, 0.25) is 13.1 Å². The van der Waals surface area contributed by atoms with Crippen LogP contribution in [-0.4, -0.2) is 20.5 Å². The zero-order chi connectivity index (χ0) is 6.57. The summed E-state index contributed by atoms with van der Waals surface area (Å²) < 4.78 is 5.23. The van der Waals surface area contributed by atoms with Crippen LogP contribution in [0.1, 0.15) is 6.92 Å². The van der Waals surface area contributed by atoms with Gasteiger partial charge in [-0.2, -0.15) is 12.6 Å². The summed E-state index contributed by atoms with van der Waals surface area (Å²) in [5.41, 5.74) is 0. The highest BCUT2D eigenvalue weighted by Crippen LogP contribution is 2.01. The van der Waals surface area contributed by atoms with Crippen LogP contribution in [0.5, 0.6) is 0 Å². The topological polar surface area (TPSA) is 9.23 Å². The molecule has 0 radical (unpaired) electrons. The predicted octanol–water partition coefficient (Wildman–Crippen LogP) is 1.30. The van der Waals surface area contributed by atoms with Crippen molar-refractivity contribution >= 4 is 21.4 Å². The molecule has 3 heteroatoms. The summed E-state index contributed by atoms with van der Waals surface area (Å²) in [5.74, 6) is 0. The molecule has 1 nitrogen and oxygen atoms in total. The molecule has 1 unspecified atom stereocenters. The van der Waals surface area contributed by atoms with E-state index in [0.717, 1.165) is 6.61 Å². The average molecular weight is 150 g/mol. The summed E-state index contributed by atoms with van der Waals surface area (Å²) in [4.78, 5) is 0. The van der Waals surface area contributed by atoms with Crippen LogP contribution in [0.25, 0.3) is 0 Å². The highest BCUT2D eigenvalue weighted by Gasteiger charge is 2.06. The SMILES string of the molecule is CCOC(S)[SiH](C)C. The van der Waals surface area contributed by atoms with Gasteiger partial charge in [0.1, 0.15) is 0 Å². The van der Waals surface area contributed by atoms with Gasteiger partial charge in [-0.15, -0.1) is 0 Å². The number of ether oxygens (including phenoxy) is 1. The van der Waals surface area contributed by atoms with Crippen molar-refractivity contribution in [3.8, 4) is 0 Å². The molecule has 0 spiro atoms. The van der Waals surface area contributed by atoms with E-state index in [2.05, 4.69) is 25.7 Å². The third kappa shape index (κ3) is 3.52. The van der Waals surface area contributed by atoms with Crippen molar-refractivity contribution < 1.29 is 4.74 Å². The first-order valence-electron chi connectivity index (χ1n) is 2.98. The van der Waals surface area contributed by atoms with E-state index in [1.807, 2.05) is 6.92 Å². The summed E-state index contributed by atoms with van der Waals surface area (Å²) in [7, 11) is -0.640. The van der Waals surface area contributed by atoms with Gasteiger partial charge < -0.3 is 4.74 Å². The van der Waals surface area contributed by atoms with Gasteiger partial charge in [0, 0.05) is 6.61 Å². The minimum Gasteiger partial charge on any atom is -0.372 e. The molecule has 0 rings (SSSR count). The van der Waals surface area contributed by atoms with Gasteiger partial charge in [-0.25, -0.2) is 0 Å². The van der Waals surface area contributed by atoms with Crippen LogP contribution < -0.4 is 0 Å². The number of rotatable bonds is 3. The molecule has 0 aliphatic rings. The van der Waals surface area contributed by atoms with Crippen LogP contribution in [0, 0.1) is 0 Å². The quantitative estimate of drug-likeness (QED) is 0.362. The molecule has 0 heterocycles. The Morgan fingerprint density at radius 3 is 2.25 bits per heavy atom. The second-order valence-corrected chi connectivity index (χ2v) is 6.25. The van der Waals surface area contributed by atoms with E-state index in [1.165, 1.54) is 0 Å². The average Bonchev–Trinajstić information content (AvgIpc) is 1.67. The first kappa shape index (κ1) is 8.53. The van der Waals surface area contributed by atoms with Gasteiger partial charge in [0.2, 0.25) is 0 Å². The summed E-state index contributed by atoms with van der Waals surface area (Å²) in [6, 6.07) is 0. The molecule has 0 saturated heterocycles. The van der Waals surface area contributed by atoms with Gasteiger partial charge >= 0.3 is 0 Å². The van der Waals surface area contributed by atoms with Crippen molar-refractivity contribution in [1.29, 1.82) is 0 Å². The molecular weight excluding hydrogens is 136 g/mol. The van der Waals surface area contributed by atoms with Crippen LogP contribution in [0.3, 0.4) is 0 Å². The van der Waals surface area contributed by atoms with Crippen molar-refractivity contribution in [2.24, 2.45) is 0 Å². The Morgan fingerprint density at radius 2 is 2.12 bits per heavy atom. The summed E-state index contributed by atoms with van der Waals surface area (Å²) >= 11 is 4.24. The largest absolute Gasteiger partial charge is 0.372 e. The van der Waals surface area contributed by atoms with Crippen molar-refractivity contribution in [3.05, 3.63) is 0 Å². The van der Waals surface area contributed by atoms with E-state index in [1.54, 1.807) is 0 Å². The highest BCUT2D eigenvalue weighted by molar-refractivity contribution is 7.82. The Kier molecular flexibility index (Phi) is 4.70. The van der Waals surface area contributed by atoms with E-state index in [4.69, 9.17) is 4.74 Å². The minimum atomic E-state index is -0.640. The summed E-state index contributed by atoms with van der Waals surface area (Å²) in [6.45, 7) is 7.25. The van der Waals surface area contributed by atoms with E-state index in [-0.39, 0.29) is 5.06 Å². The van der Waals surface area contributed by atoms with E-state index in [9.17, 15) is 0 Å². The fourth-order valence-electron chi connectivity index (χ4n) is 0.363. The Morgan fingerprint density at radius 1 is 1.62 bits per heavy atom. The van der Waals surface area contributed by atoms with Crippen molar-refractivity contribution in [2.75, 3.05) is 6.61 Å². The molecule has 0 amide bonds. The first-order valence-corrected chi connectivity index (χ1v) is 6.47. The molecule has 0 aromatic carbocycles. The third-order valence-electron chi connectivity index (χ3n) is 0.908. The lowest BCUT2D eigenvalue weighted by Gasteiger charge is -2.12. The predicted molar refractivity (Wildman–Crippen MR) is 43.3 cm³/mol. The molecule has 0 bridgehead atoms. The van der Waals surface area contributed by atoms with Crippen molar-refractivity contribution in [1.82, 2.24) is 0 Å². The smallest absolute Gasteiger partial charge is 0.0848 e. The van der Waals surface area contributed by atoms with Gasteiger partial charge in [0.15, 0.2) is 0 Å². The zero-order valence-corrected chi connectivity index (χ0v) is 7.77. The van der Waals surface area contributed by atoms with Gasteiger partial charge in [-0.3, -0.25) is 0 Å². The molecule has 50 valence electrons. The van der Waals surface area contributed by atoms with Crippen LogP contribution in [0.4, 0.5) is 0 Å². The molecule has 0 aromatic heterocycles. The van der Waals surface area contributed by atoms with Crippen LogP contribution >= 0.6 is 12.6 Å². The number of thiol groups is 1.